The van der Waals surface area contributed by atoms with E-state index < -0.39 is 17.5 Å². The van der Waals surface area contributed by atoms with Crippen molar-refractivity contribution >= 4 is 17.5 Å². The van der Waals surface area contributed by atoms with Crippen molar-refractivity contribution in [2.24, 2.45) is 0 Å². The number of ether oxygens (including phenoxy) is 3. The highest BCUT2D eigenvalue weighted by atomic mass is 16.5. The quantitative estimate of drug-likeness (QED) is 0.380. The summed E-state index contributed by atoms with van der Waals surface area (Å²) in [5, 5.41) is 10.1. The van der Waals surface area contributed by atoms with E-state index in [-0.39, 0.29) is 5.56 Å². The molecule has 0 saturated heterocycles. The molecule has 0 aromatic heterocycles. The second-order valence-corrected chi connectivity index (χ2v) is 4.66. The highest BCUT2D eigenvalue weighted by Gasteiger charge is 2.16. The van der Waals surface area contributed by atoms with Crippen molar-refractivity contribution in [2.75, 3.05) is 14.2 Å². The average molecular weight is 328 g/mol. The molecular formula is C18H16O6. The van der Waals surface area contributed by atoms with Crippen LogP contribution in [0.5, 0.6) is 17.2 Å². The number of hydrogen-bond acceptors (Lipinski definition) is 6. The summed E-state index contributed by atoms with van der Waals surface area (Å²) in [7, 11) is 2.51. The highest BCUT2D eigenvalue weighted by molar-refractivity contribution is 6.39. The fourth-order valence-electron chi connectivity index (χ4n) is 1.94. The Morgan fingerprint density at radius 3 is 2.33 bits per heavy atom. The fourth-order valence-corrected chi connectivity index (χ4v) is 1.94. The third-order valence-electron chi connectivity index (χ3n) is 3.08. The highest BCUT2D eigenvalue weighted by Crippen LogP contribution is 2.31. The maximum atomic E-state index is 11.6. The van der Waals surface area contributed by atoms with E-state index in [4.69, 9.17) is 9.47 Å². The van der Waals surface area contributed by atoms with Crippen LogP contribution in [0.25, 0.3) is 5.76 Å². The van der Waals surface area contributed by atoms with E-state index in [0.717, 1.165) is 13.2 Å². The van der Waals surface area contributed by atoms with Crippen LogP contribution < -0.4 is 9.47 Å². The van der Waals surface area contributed by atoms with Crippen LogP contribution >= 0.6 is 0 Å². The van der Waals surface area contributed by atoms with Gasteiger partial charge in [-0.25, -0.2) is 4.79 Å². The van der Waals surface area contributed by atoms with Crippen LogP contribution in [-0.2, 0) is 14.3 Å². The number of carbonyl (C=O) groups is 2. The molecular weight excluding hydrogens is 312 g/mol. The number of carbonyl (C=O) groups excluding carboxylic acids is 2. The molecule has 0 amide bonds. The summed E-state index contributed by atoms with van der Waals surface area (Å²) in [6.45, 7) is 0. The van der Waals surface area contributed by atoms with E-state index in [1.165, 1.54) is 13.2 Å². The second-order valence-electron chi connectivity index (χ2n) is 4.66. The SMILES string of the molecule is COC(=O)C(=O)/C=C(\O)c1cc(Oc2ccccc2)ccc1OC. The molecule has 2 rings (SSSR count). The maximum absolute atomic E-state index is 11.6. The zero-order chi connectivity index (χ0) is 17.5. The number of hydrogen-bond donors (Lipinski definition) is 1. The lowest BCUT2D eigenvalue weighted by atomic mass is 10.1. The molecule has 124 valence electrons. The Kier molecular flexibility index (Phi) is 5.57. The van der Waals surface area contributed by atoms with Gasteiger partial charge in [-0.1, -0.05) is 18.2 Å². The standard InChI is InChI=1S/C18H16O6/c1-22-17-9-8-13(24-12-6-4-3-5-7-12)10-14(17)15(19)11-16(20)18(21)23-2/h3-11,19H,1-2H3/b15-11-. The van der Waals surface area contributed by atoms with Gasteiger partial charge in [0, 0.05) is 6.08 Å². The Morgan fingerprint density at radius 1 is 1.00 bits per heavy atom. The van der Waals surface area contributed by atoms with Crippen LogP contribution in [0.2, 0.25) is 0 Å². The van der Waals surface area contributed by atoms with Crippen molar-refractivity contribution < 1.29 is 28.9 Å². The fraction of sp³-hybridized carbons (Fsp3) is 0.111. The molecule has 0 aliphatic rings. The van der Waals surface area contributed by atoms with Gasteiger partial charge in [-0.05, 0) is 30.3 Å². The summed E-state index contributed by atoms with van der Waals surface area (Å²) >= 11 is 0. The van der Waals surface area contributed by atoms with Crippen molar-refractivity contribution in [1.29, 1.82) is 0 Å². The number of aliphatic hydroxyl groups is 1. The molecule has 24 heavy (non-hydrogen) atoms. The zero-order valence-electron chi connectivity index (χ0n) is 13.2. The van der Waals surface area contributed by atoms with Gasteiger partial charge in [0.2, 0.25) is 0 Å². The van der Waals surface area contributed by atoms with Gasteiger partial charge >= 0.3 is 5.97 Å². The van der Waals surface area contributed by atoms with Gasteiger partial charge in [0.1, 0.15) is 23.0 Å². The van der Waals surface area contributed by atoms with Crippen LogP contribution in [0.1, 0.15) is 5.56 Å². The first-order chi connectivity index (χ1) is 11.5. The van der Waals surface area contributed by atoms with Crippen LogP contribution in [0.15, 0.2) is 54.6 Å². The van der Waals surface area contributed by atoms with E-state index in [9.17, 15) is 14.7 Å². The van der Waals surface area contributed by atoms with Gasteiger partial charge in [-0.15, -0.1) is 0 Å². The Balaban J connectivity index is 2.33. The minimum atomic E-state index is -1.07. The summed E-state index contributed by atoms with van der Waals surface area (Å²) in [6, 6.07) is 13.8. The summed E-state index contributed by atoms with van der Waals surface area (Å²) in [6.07, 6.45) is 0.774. The van der Waals surface area contributed by atoms with E-state index in [1.54, 1.807) is 24.3 Å². The molecule has 0 atom stereocenters. The van der Waals surface area contributed by atoms with Crippen molar-refractivity contribution in [3.8, 4) is 17.2 Å². The molecule has 0 spiro atoms. The number of esters is 1. The number of rotatable bonds is 6. The smallest absolute Gasteiger partial charge is 0.378 e. The monoisotopic (exact) mass is 328 g/mol. The molecule has 6 nitrogen and oxygen atoms in total. The van der Waals surface area contributed by atoms with E-state index in [2.05, 4.69) is 4.74 Å². The van der Waals surface area contributed by atoms with Gasteiger partial charge in [0.25, 0.3) is 5.78 Å². The Bertz CT molecular complexity index is 764. The van der Waals surface area contributed by atoms with Gasteiger partial charge in [0.15, 0.2) is 0 Å². The van der Waals surface area contributed by atoms with Gasteiger partial charge in [0.05, 0.1) is 19.8 Å². The van der Waals surface area contributed by atoms with Crippen LogP contribution in [0.4, 0.5) is 0 Å². The topological polar surface area (TPSA) is 82.1 Å². The van der Waals surface area contributed by atoms with Crippen LogP contribution in [-0.4, -0.2) is 31.1 Å². The zero-order valence-corrected chi connectivity index (χ0v) is 13.2. The number of methoxy groups -OCH3 is 2. The third-order valence-corrected chi connectivity index (χ3v) is 3.08. The molecule has 1 N–H and O–H groups in total. The number of ketones is 1. The van der Waals surface area contributed by atoms with Crippen molar-refractivity contribution in [1.82, 2.24) is 0 Å². The van der Waals surface area contributed by atoms with E-state index in [0.29, 0.717) is 17.2 Å². The molecule has 0 unspecified atom stereocenters. The minimum Gasteiger partial charge on any atom is -0.507 e. The predicted molar refractivity (Wildman–Crippen MR) is 87.1 cm³/mol. The largest absolute Gasteiger partial charge is 0.507 e. The summed E-state index contributed by atoms with van der Waals surface area (Å²) in [5.74, 6) is -1.11. The molecule has 0 bridgehead atoms. The molecule has 6 heteroatoms. The molecule has 0 heterocycles. The lowest BCUT2D eigenvalue weighted by Crippen LogP contribution is -2.13. The average Bonchev–Trinajstić information content (AvgIpc) is 2.61. The molecule has 2 aromatic rings. The molecule has 0 fully saturated rings. The minimum absolute atomic E-state index is 0.211. The summed E-state index contributed by atoms with van der Waals surface area (Å²) in [5.41, 5.74) is 0.211. The second kappa shape index (κ2) is 7.82. The van der Waals surface area contributed by atoms with Crippen molar-refractivity contribution in [3.63, 3.8) is 0 Å². The molecule has 0 aliphatic carbocycles. The van der Waals surface area contributed by atoms with Gasteiger partial charge in [-0.2, -0.15) is 0 Å². The molecule has 0 aliphatic heterocycles. The maximum Gasteiger partial charge on any atom is 0.378 e. The summed E-state index contributed by atoms with van der Waals surface area (Å²) < 4.78 is 15.1. The normalized spacial score (nSPS) is 10.8. The number of benzene rings is 2. The van der Waals surface area contributed by atoms with Crippen molar-refractivity contribution in [2.45, 2.75) is 0 Å². The lowest BCUT2D eigenvalue weighted by Gasteiger charge is -2.11. The molecule has 0 radical (unpaired) electrons. The number of aliphatic hydroxyl groups excluding tert-OH is 1. The Morgan fingerprint density at radius 2 is 1.71 bits per heavy atom. The van der Waals surface area contributed by atoms with Crippen LogP contribution in [0, 0.1) is 0 Å². The molecule has 0 saturated carbocycles. The van der Waals surface area contributed by atoms with Crippen LogP contribution in [0.3, 0.4) is 0 Å². The van der Waals surface area contributed by atoms with Crippen molar-refractivity contribution in [3.05, 3.63) is 60.2 Å². The first-order valence-electron chi connectivity index (χ1n) is 6.99. The Labute approximate surface area is 138 Å². The first kappa shape index (κ1) is 17.1. The van der Waals surface area contributed by atoms with E-state index >= 15 is 0 Å². The lowest BCUT2D eigenvalue weighted by molar-refractivity contribution is -0.149. The third kappa shape index (κ3) is 4.13. The Hall–Kier alpha value is -3.28. The van der Waals surface area contributed by atoms with Gasteiger partial charge in [-0.3, -0.25) is 4.79 Å². The van der Waals surface area contributed by atoms with Gasteiger partial charge < -0.3 is 19.3 Å². The van der Waals surface area contributed by atoms with E-state index in [1.807, 2.05) is 18.2 Å². The number of para-hydroxylation sites is 1. The summed E-state index contributed by atoms with van der Waals surface area (Å²) in [4.78, 5) is 22.7. The predicted octanol–water partition coefficient (Wildman–Crippen LogP) is 3.13. The first-order valence-corrected chi connectivity index (χ1v) is 6.99. The molecule has 2 aromatic carbocycles.